The largest absolute Gasteiger partial charge is 0.391 e. The predicted octanol–water partition coefficient (Wildman–Crippen LogP) is 3.78. The minimum absolute atomic E-state index is 0.199. The van der Waals surface area contributed by atoms with Crippen LogP contribution in [0.25, 0.3) is 0 Å². The van der Waals surface area contributed by atoms with E-state index in [0.717, 1.165) is 38.5 Å². The Morgan fingerprint density at radius 3 is 2.64 bits per heavy atom. The molecular weight excluding hydrogens is 461 g/mol. The molecule has 1 saturated carbocycles. The molecule has 4 N–H and O–H groups in total. The molecule has 0 aromatic heterocycles. The van der Waals surface area contributed by atoms with Crippen molar-refractivity contribution in [3.8, 4) is 0 Å². The molecule has 0 spiro atoms. The monoisotopic (exact) mass is 507 g/mol. The van der Waals surface area contributed by atoms with Crippen molar-refractivity contribution in [2.24, 2.45) is 11.8 Å². The summed E-state index contributed by atoms with van der Waals surface area (Å²) in [5.74, 6) is -0.509. The number of hydrogen-bond donors (Lipinski definition) is 4. The summed E-state index contributed by atoms with van der Waals surface area (Å²) in [6.07, 6.45) is 8.14. The van der Waals surface area contributed by atoms with Crippen LogP contribution < -0.4 is 10.6 Å². The number of aliphatic hydroxyl groups excluding tert-OH is 1. The molecule has 1 heterocycles. The Hall–Kier alpha value is -1.74. The normalized spacial score (nSPS) is 22.6. The van der Waals surface area contributed by atoms with Gasteiger partial charge >= 0.3 is 6.03 Å². The molecule has 36 heavy (non-hydrogen) atoms. The number of amides is 2. The summed E-state index contributed by atoms with van der Waals surface area (Å²) in [7, 11) is 3.47. The molecule has 3 rings (SSSR count). The van der Waals surface area contributed by atoms with Crippen molar-refractivity contribution in [3.63, 3.8) is 0 Å². The van der Waals surface area contributed by atoms with Crippen molar-refractivity contribution in [1.29, 1.82) is 0 Å². The molecule has 1 aromatic rings. The molecule has 0 radical (unpaired) electrons. The molecule has 8 heteroatoms. The summed E-state index contributed by atoms with van der Waals surface area (Å²) < 4.78 is 20.0. The molecule has 7 nitrogen and oxygen atoms in total. The molecule has 1 aliphatic carbocycles. The lowest BCUT2D eigenvalue weighted by Crippen LogP contribution is -2.57. The van der Waals surface area contributed by atoms with Crippen LogP contribution in [-0.4, -0.2) is 73.7 Å². The van der Waals surface area contributed by atoms with E-state index in [1.165, 1.54) is 12.5 Å². The third-order valence-corrected chi connectivity index (χ3v) is 8.16. The van der Waals surface area contributed by atoms with Gasteiger partial charge in [0.1, 0.15) is 5.82 Å². The number of urea groups is 1. The van der Waals surface area contributed by atoms with E-state index < -0.39 is 17.5 Å². The summed E-state index contributed by atoms with van der Waals surface area (Å²) >= 11 is 0. The van der Waals surface area contributed by atoms with Crippen LogP contribution in [0.4, 0.5) is 9.18 Å². The van der Waals surface area contributed by atoms with Gasteiger partial charge < -0.3 is 30.5 Å². The molecule has 2 fully saturated rings. The number of carbonyl (C=O) groups excluding carboxylic acids is 1. The third kappa shape index (κ3) is 7.40. The van der Waals surface area contributed by atoms with Gasteiger partial charge in [-0.05, 0) is 64.0 Å². The number of carbonyl (C=O) groups is 1. The highest BCUT2D eigenvalue weighted by atomic mass is 19.1. The zero-order valence-electron chi connectivity index (χ0n) is 22.1. The van der Waals surface area contributed by atoms with Gasteiger partial charge in [-0.15, -0.1) is 0 Å². The molecule has 2 amide bonds. The van der Waals surface area contributed by atoms with Crippen molar-refractivity contribution in [3.05, 3.63) is 35.6 Å². The van der Waals surface area contributed by atoms with Crippen LogP contribution in [0.2, 0.25) is 0 Å². The Kier molecular flexibility index (Phi) is 11.4. The van der Waals surface area contributed by atoms with Gasteiger partial charge in [0.25, 0.3) is 0 Å². The first-order valence-electron chi connectivity index (χ1n) is 13.7. The third-order valence-electron chi connectivity index (χ3n) is 8.16. The standard InChI is InChI=1S/C28H46FN3O4/c1-30-19-25(26(33)21-11-4-3-5-12-21)31-27(34)32-17-10-13-22(20-32)28(35,16-8-9-18-36-2)23-14-6-7-15-24(23)29/h6-7,14-15,21-22,25-26,30,33,35H,3-5,8-13,16-20H2,1-2H3,(H,31,34)/t22?,25-,26+,28+/m1/s1. The molecular formula is C28H46FN3O4. The van der Waals surface area contributed by atoms with E-state index >= 15 is 0 Å². The van der Waals surface area contributed by atoms with E-state index in [0.29, 0.717) is 51.1 Å². The van der Waals surface area contributed by atoms with Crippen molar-refractivity contribution >= 4 is 6.03 Å². The highest BCUT2D eigenvalue weighted by Crippen LogP contribution is 2.40. The van der Waals surface area contributed by atoms with Gasteiger partial charge in [0.05, 0.1) is 17.7 Å². The zero-order valence-corrected chi connectivity index (χ0v) is 22.1. The number of hydrogen-bond acceptors (Lipinski definition) is 5. The summed E-state index contributed by atoms with van der Waals surface area (Å²) in [5.41, 5.74) is -1.07. The van der Waals surface area contributed by atoms with Crippen molar-refractivity contribution in [2.45, 2.75) is 82.0 Å². The minimum Gasteiger partial charge on any atom is -0.391 e. The number of unbranched alkanes of at least 4 members (excludes halogenated alkanes) is 1. The van der Waals surface area contributed by atoms with E-state index in [-0.39, 0.29) is 23.9 Å². The topological polar surface area (TPSA) is 94.1 Å². The molecule has 204 valence electrons. The van der Waals surface area contributed by atoms with Crippen LogP contribution in [0.15, 0.2) is 24.3 Å². The Bertz CT molecular complexity index is 807. The van der Waals surface area contributed by atoms with Gasteiger partial charge in [0.15, 0.2) is 0 Å². The first-order chi connectivity index (χ1) is 17.4. The Balaban J connectivity index is 1.71. The molecule has 1 saturated heterocycles. The maximum atomic E-state index is 14.9. The van der Waals surface area contributed by atoms with Crippen LogP contribution in [-0.2, 0) is 10.3 Å². The number of rotatable bonds is 12. The number of piperidine rings is 1. The van der Waals surface area contributed by atoms with Crippen molar-refractivity contribution < 1.29 is 24.1 Å². The fourth-order valence-corrected chi connectivity index (χ4v) is 6.09. The van der Waals surface area contributed by atoms with Crippen LogP contribution in [0, 0.1) is 17.7 Å². The maximum Gasteiger partial charge on any atom is 0.317 e. The second-order valence-corrected chi connectivity index (χ2v) is 10.6. The molecule has 0 bridgehead atoms. The summed E-state index contributed by atoms with van der Waals surface area (Å²) in [6.45, 7) is 1.99. The lowest BCUT2D eigenvalue weighted by Gasteiger charge is -2.43. The number of benzene rings is 1. The lowest BCUT2D eigenvalue weighted by atomic mass is 9.74. The predicted molar refractivity (Wildman–Crippen MR) is 139 cm³/mol. The number of nitrogens with zero attached hydrogens (tertiary/aromatic N) is 1. The second kappa shape index (κ2) is 14.3. The van der Waals surface area contributed by atoms with E-state index in [2.05, 4.69) is 10.6 Å². The summed E-state index contributed by atoms with van der Waals surface area (Å²) in [4.78, 5) is 15.1. The number of nitrogens with one attached hydrogen (secondary N) is 2. The number of likely N-dealkylation sites (tertiary alicyclic amines) is 1. The SMILES string of the molecule is CNC[C@@H](NC(=O)N1CCCC([C@@](O)(CCCCOC)c2ccccc2F)C1)[C@@H](O)C1CCCCC1. The second-order valence-electron chi connectivity index (χ2n) is 10.6. The quantitative estimate of drug-likeness (QED) is 0.323. The summed E-state index contributed by atoms with van der Waals surface area (Å²) in [6, 6.07) is 5.81. The molecule has 2 aliphatic rings. The Labute approximate surface area is 215 Å². The fraction of sp³-hybridized carbons (Fsp3) is 0.750. The van der Waals surface area contributed by atoms with Crippen LogP contribution in [0.1, 0.15) is 69.8 Å². The zero-order chi connectivity index (χ0) is 26.0. The number of likely N-dealkylation sites (N-methyl/N-ethyl adjacent to an activating group) is 1. The van der Waals surface area contributed by atoms with E-state index in [1.54, 1.807) is 30.2 Å². The Morgan fingerprint density at radius 1 is 1.19 bits per heavy atom. The smallest absolute Gasteiger partial charge is 0.317 e. The average molecular weight is 508 g/mol. The van der Waals surface area contributed by atoms with Gasteiger partial charge in [0.2, 0.25) is 0 Å². The van der Waals surface area contributed by atoms with Gasteiger partial charge in [-0.25, -0.2) is 9.18 Å². The first kappa shape index (κ1) is 28.8. The van der Waals surface area contributed by atoms with Crippen LogP contribution in [0.3, 0.4) is 0 Å². The average Bonchev–Trinajstić information content (AvgIpc) is 2.91. The highest BCUT2D eigenvalue weighted by Gasteiger charge is 2.43. The number of aliphatic hydroxyl groups is 2. The molecule has 4 atom stereocenters. The Morgan fingerprint density at radius 2 is 1.94 bits per heavy atom. The molecule has 1 unspecified atom stereocenters. The van der Waals surface area contributed by atoms with Crippen LogP contribution in [0.5, 0.6) is 0 Å². The van der Waals surface area contributed by atoms with Gasteiger partial charge in [0, 0.05) is 44.8 Å². The molecule has 1 aliphatic heterocycles. The van der Waals surface area contributed by atoms with E-state index in [1.807, 2.05) is 7.05 Å². The van der Waals surface area contributed by atoms with E-state index in [9.17, 15) is 19.4 Å². The highest BCUT2D eigenvalue weighted by molar-refractivity contribution is 5.74. The molecule has 1 aromatic carbocycles. The number of methoxy groups -OCH3 is 1. The summed E-state index contributed by atoms with van der Waals surface area (Å²) in [5, 5.41) is 29.1. The number of halogens is 1. The van der Waals surface area contributed by atoms with Crippen LogP contribution >= 0.6 is 0 Å². The van der Waals surface area contributed by atoms with Crippen molar-refractivity contribution in [2.75, 3.05) is 40.4 Å². The van der Waals surface area contributed by atoms with E-state index in [4.69, 9.17) is 4.74 Å². The van der Waals surface area contributed by atoms with Crippen molar-refractivity contribution in [1.82, 2.24) is 15.5 Å². The van der Waals surface area contributed by atoms with Gasteiger partial charge in [-0.3, -0.25) is 0 Å². The van der Waals surface area contributed by atoms with Gasteiger partial charge in [-0.2, -0.15) is 0 Å². The number of ether oxygens (including phenoxy) is 1. The lowest BCUT2D eigenvalue weighted by molar-refractivity contribution is -0.0590. The van der Waals surface area contributed by atoms with Gasteiger partial charge in [-0.1, -0.05) is 37.5 Å². The minimum atomic E-state index is -1.37. The first-order valence-corrected chi connectivity index (χ1v) is 13.7. The maximum absolute atomic E-state index is 14.9. The fourth-order valence-electron chi connectivity index (χ4n) is 6.09.